The largest absolute Gasteiger partial charge is 0.360 e. The molecule has 212 valence electrons. The van der Waals surface area contributed by atoms with E-state index in [0.29, 0.717) is 39.1 Å². The number of imide groups is 1. The van der Waals surface area contributed by atoms with Crippen molar-refractivity contribution in [1.82, 2.24) is 5.16 Å². The molecule has 2 N–H and O–H groups in total. The number of rotatable bonds is 6. The molecule has 2 heterocycles. The first kappa shape index (κ1) is 27.6. The van der Waals surface area contributed by atoms with Gasteiger partial charge in [0.1, 0.15) is 17.0 Å². The molecular formula is C33H23ClN4O5. The zero-order chi connectivity index (χ0) is 30.2. The van der Waals surface area contributed by atoms with Gasteiger partial charge in [-0.2, -0.15) is 0 Å². The molecule has 9 nitrogen and oxygen atoms in total. The minimum atomic E-state index is -0.495. The zero-order valence-electron chi connectivity index (χ0n) is 23.0. The fraction of sp³-hybridized carbons (Fsp3) is 0.0606. The van der Waals surface area contributed by atoms with Gasteiger partial charge in [0.25, 0.3) is 23.6 Å². The number of carbonyl (C=O) groups excluding carboxylic acids is 4. The summed E-state index contributed by atoms with van der Waals surface area (Å²) in [6.45, 7) is 3.51. The second-order valence-corrected chi connectivity index (χ2v) is 10.4. The molecule has 0 bridgehead atoms. The van der Waals surface area contributed by atoms with Gasteiger partial charge in [-0.15, -0.1) is 0 Å². The Bertz CT molecular complexity index is 1960. The van der Waals surface area contributed by atoms with Crippen molar-refractivity contribution in [3.63, 3.8) is 0 Å². The summed E-state index contributed by atoms with van der Waals surface area (Å²) in [4.78, 5) is 53.7. The third-order valence-electron chi connectivity index (χ3n) is 7.01. The normalized spacial score (nSPS) is 12.3. The molecule has 0 saturated heterocycles. The van der Waals surface area contributed by atoms with E-state index in [0.717, 1.165) is 10.5 Å². The van der Waals surface area contributed by atoms with Gasteiger partial charge in [-0.1, -0.05) is 53.2 Å². The van der Waals surface area contributed by atoms with Crippen molar-refractivity contribution in [3.05, 3.63) is 130 Å². The topological polar surface area (TPSA) is 122 Å². The van der Waals surface area contributed by atoms with Crippen LogP contribution in [0.1, 0.15) is 52.8 Å². The van der Waals surface area contributed by atoms with Gasteiger partial charge >= 0.3 is 0 Å². The highest BCUT2D eigenvalue weighted by atomic mass is 35.5. The Labute approximate surface area is 251 Å². The van der Waals surface area contributed by atoms with Gasteiger partial charge in [-0.25, -0.2) is 4.90 Å². The van der Waals surface area contributed by atoms with Crippen LogP contribution in [0.2, 0.25) is 5.02 Å². The van der Waals surface area contributed by atoms with E-state index in [-0.39, 0.29) is 22.3 Å². The van der Waals surface area contributed by atoms with Crippen LogP contribution in [0.5, 0.6) is 0 Å². The highest BCUT2D eigenvalue weighted by Crippen LogP contribution is 2.32. The van der Waals surface area contributed by atoms with Crippen LogP contribution in [0.3, 0.4) is 0 Å². The summed E-state index contributed by atoms with van der Waals surface area (Å²) in [5, 5.41) is 10.1. The summed E-state index contributed by atoms with van der Waals surface area (Å²) in [6, 6.07) is 25.1. The van der Waals surface area contributed by atoms with E-state index in [1.54, 1.807) is 73.7 Å². The lowest BCUT2D eigenvalue weighted by molar-refractivity contribution is 0.0924. The van der Waals surface area contributed by atoms with E-state index in [2.05, 4.69) is 15.8 Å². The molecule has 5 aromatic rings. The van der Waals surface area contributed by atoms with Gasteiger partial charge in [0, 0.05) is 22.5 Å². The van der Waals surface area contributed by atoms with E-state index in [1.165, 1.54) is 18.2 Å². The van der Waals surface area contributed by atoms with Crippen LogP contribution in [0.25, 0.3) is 11.3 Å². The van der Waals surface area contributed by atoms with Gasteiger partial charge in [-0.05, 0) is 74.0 Å². The molecule has 4 aromatic carbocycles. The number of carbonyl (C=O) groups is 4. The van der Waals surface area contributed by atoms with Crippen molar-refractivity contribution in [2.24, 2.45) is 0 Å². The lowest BCUT2D eigenvalue weighted by Crippen LogP contribution is -2.29. The molecule has 6 rings (SSSR count). The van der Waals surface area contributed by atoms with E-state index in [1.807, 2.05) is 13.0 Å². The molecule has 0 radical (unpaired) electrons. The average Bonchev–Trinajstić information content (AvgIpc) is 3.49. The molecule has 1 aliphatic rings. The maximum Gasteiger partial charge on any atom is 0.266 e. The van der Waals surface area contributed by atoms with Crippen LogP contribution in [0, 0.1) is 13.8 Å². The Morgan fingerprint density at radius 1 is 0.744 bits per heavy atom. The number of anilines is 3. The van der Waals surface area contributed by atoms with Gasteiger partial charge in [-0.3, -0.25) is 19.2 Å². The third kappa shape index (κ3) is 5.18. The molecule has 0 atom stereocenters. The fourth-order valence-corrected chi connectivity index (χ4v) is 5.16. The van der Waals surface area contributed by atoms with E-state index in [4.69, 9.17) is 16.1 Å². The number of nitrogens with one attached hydrogen (secondary N) is 2. The Morgan fingerprint density at radius 3 is 2.19 bits per heavy atom. The van der Waals surface area contributed by atoms with Crippen LogP contribution in [0.15, 0.2) is 95.5 Å². The maximum absolute atomic E-state index is 13.3. The van der Waals surface area contributed by atoms with Gasteiger partial charge < -0.3 is 15.2 Å². The van der Waals surface area contributed by atoms with E-state index < -0.39 is 23.6 Å². The highest BCUT2D eigenvalue weighted by molar-refractivity contribution is 6.35. The number of halogens is 1. The Morgan fingerprint density at radius 2 is 1.44 bits per heavy atom. The van der Waals surface area contributed by atoms with Crippen LogP contribution >= 0.6 is 11.6 Å². The summed E-state index contributed by atoms with van der Waals surface area (Å²) in [5.74, 6) is -1.57. The summed E-state index contributed by atoms with van der Waals surface area (Å²) in [6.07, 6.45) is 0. The Hall–Kier alpha value is -5.54. The third-order valence-corrected chi connectivity index (χ3v) is 7.34. The quantitative estimate of drug-likeness (QED) is 0.207. The lowest BCUT2D eigenvalue weighted by atomic mass is 10.0. The molecular weight excluding hydrogens is 568 g/mol. The highest BCUT2D eigenvalue weighted by Gasteiger charge is 2.37. The monoisotopic (exact) mass is 590 g/mol. The second kappa shape index (κ2) is 11.0. The summed E-state index contributed by atoms with van der Waals surface area (Å²) in [7, 11) is 0. The lowest BCUT2D eigenvalue weighted by Gasteiger charge is -2.14. The predicted octanol–water partition coefficient (Wildman–Crippen LogP) is 6.92. The average molecular weight is 591 g/mol. The smallest absolute Gasteiger partial charge is 0.266 e. The maximum atomic E-state index is 13.3. The van der Waals surface area contributed by atoms with E-state index >= 15 is 0 Å². The number of fused-ring (bicyclic) bond motifs is 1. The summed E-state index contributed by atoms with van der Waals surface area (Å²) < 4.78 is 5.30. The minimum Gasteiger partial charge on any atom is -0.360 e. The number of amides is 4. The molecule has 1 aromatic heterocycles. The Balaban J connectivity index is 1.19. The summed E-state index contributed by atoms with van der Waals surface area (Å²) >= 11 is 6.32. The number of benzene rings is 4. The summed E-state index contributed by atoms with van der Waals surface area (Å²) in [5.41, 5.74) is 3.88. The number of hydrogen-bond donors (Lipinski definition) is 2. The fourth-order valence-electron chi connectivity index (χ4n) is 4.93. The van der Waals surface area contributed by atoms with Crippen molar-refractivity contribution in [1.29, 1.82) is 0 Å². The molecule has 43 heavy (non-hydrogen) atoms. The number of hydrogen-bond acceptors (Lipinski definition) is 6. The van der Waals surface area contributed by atoms with Crippen LogP contribution in [-0.4, -0.2) is 28.8 Å². The first-order valence-corrected chi connectivity index (χ1v) is 13.6. The van der Waals surface area contributed by atoms with Crippen LogP contribution in [0.4, 0.5) is 17.1 Å². The van der Waals surface area contributed by atoms with E-state index in [9.17, 15) is 19.2 Å². The molecule has 4 amide bonds. The minimum absolute atomic E-state index is 0.151. The zero-order valence-corrected chi connectivity index (χ0v) is 23.7. The molecule has 0 fully saturated rings. The van der Waals surface area contributed by atoms with Crippen LogP contribution < -0.4 is 15.5 Å². The number of aromatic nitrogens is 1. The molecule has 0 spiro atoms. The Kier molecular flexibility index (Phi) is 7.09. The molecule has 1 aliphatic heterocycles. The van der Waals surface area contributed by atoms with Crippen LogP contribution in [-0.2, 0) is 0 Å². The van der Waals surface area contributed by atoms with Crippen molar-refractivity contribution in [3.8, 4) is 11.3 Å². The standard InChI is InChI=1S/C33H23ClN4O5/c1-18-7-5-10-23(15-18)38-32(41)24-14-13-20(16-26(24)33(38)42)30(39)35-21-8-6-9-22(17-21)36-31(40)28-19(2)43-37-29(28)25-11-3-4-12-27(25)34/h3-17H,1-2H3,(H,35,39)(H,36,40). The van der Waals surface area contributed by atoms with Gasteiger partial charge in [0.2, 0.25) is 0 Å². The molecule has 0 saturated carbocycles. The molecule has 0 unspecified atom stereocenters. The van der Waals surface area contributed by atoms with Crippen molar-refractivity contribution in [2.75, 3.05) is 15.5 Å². The van der Waals surface area contributed by atoms with Crippen molar-refractivity contribution in [2.45, 2.75) is 13.8 Å². The predicted molar refractivity (Wildman–Crippen MR) is 163 cm³/mol. The molecule has 10 heteroatoms. The SMILES string of the molecule is Cc1cccc(N2C(=O)c3ccc(C(=O)Nc4cccc(NC(=O)c5c(-c6ccccc6Cl)noc5C)c4)cc3C2=O)c1. The van der Waals surface area contributed by atoms with Crippen molar-refractivity contribution >= 4 is 52.3 Å². The first-order valence-electron chi connectivity index (χ1n) is 13.2. The molecule has 0 aliphatic carbocycles. The number of nitrogens with zero attached hydrogens (tertiary/aromatic N) is 2. The second-order valence-electron chi connectivity index (χ2n) is 9.98. The van der Waals surface area contributed by atoms with Crippen molar-refractivity contribution < 1.29 is 23.7 Å². The first-order chi connectivity index (χ1) is 20.7. The van der Waals surface area contributed by atoms with Gasteiger partial charge in [0.05, 0.1) is 21.8 Å². The van der Waals surface area contributed by atoms with Gasteiger partial charge in [0.15, 0.2) is 0 Å². The number of aryl methyl sites for hydroxylation is 2.